The molecule has 0 aromatic heterocycles. The molecule has 0 spiro atoms. The zero-order chi connectivity index (χ0) is 17.9. The smallest absolute Gasteiger partial charge is 0.137 e. The van der Waals surface area contributed by atoms with Crippen molar-refractivity contribution >= 4 is 34.0 Å². The second-order valence-electron chi connectivity index (χ2n) is 7.64. The first-order chi connectivity index (χ1) is 11.2. The van der Waals surface area contributed by atoms with Gasteiger partial charge in [0.15, 0.2) is 0 Å². The molecule has 3 nitrogen and oxygen atoms in total. The summed E-state index contributed by atoms with van der Waals surface area (Å²) in [5.74, 6) is 0. The van der Waals surface area contributed by atoms with Crippen molar-refractivity contribution in [1.82, 2.24) is 4.31 Å². The minimum Gasteiger partial charge on any atom is -0.597 e. The van der Waals surface area contributed by atoms with Crippen molar-refractivity contribution < 1.29 is 9.29 Å². The molecular formula is C19H30INO2S. The molecule has 136 valence electrons. The van der Waals surface area contributed by atoms with Crippen LogP contribution < -0.4 is 0 Å². The molecule has 1 fully saturated rings. The normalized spacial score (nSPS) is 27.9. The van der Waals surface area contributed by atoms with Gasteiger partial charge in [-0.25, -0.2) is 0 Å². The van der Waals surface area contributed by atoms with Gasteiger partial charge in [0.05, 0.1) is 24.8 Å². The summed E-state index contributed by atoms with van der Waals surface area (Å²) in [5, 5.41) is 0. The van der Waals surface area contributed by atoms with E-state index in [4.69, 9.17) is 4.74 Å². The summed E-state index contributed by atoms with van der Waals surface area (Å²) in [6.07, 6.45) is 2.60. The van der Waals surface area contributed by atoms with Gasteiger partial charge in [0, 0.05) is 15.3 Å². The highest BCUT2D eigenvalue weighted by Crippen LogP contribution is 2.32. The molecule has 5 heteroatoms. The molecule has 5 atom stereocenters. The van der Waals surface area contributed by atoms with Crippen molar-refractivity contribution in [2.45, 2.75) is 80.9 Å². The van der Waals surface area contributed by atoms with Crippen molar-refractivity contribution in [3.05, 3.63) is 35.9 Å². The van der Waals surface area contributed by atoms with E-state index in [9.17, 15) is 4.55 Å². The van der Waals surface area contributed by atoms with E-state index in [1.165, 1.54) is 5.56 Å². The zero-order valence-corrected chi connectivity index (χ0v) is 18.3. The lowest BCUT2D eigenvalue weighted by molar-refractivity contribution is -0.0611. The summed E-state index contributed by atoms with van der Waals surface area (Å²) in [4.78, 5) is 0. The van der Waals surface area contributed by atoms with Crippen LogP contribution >= 0.6 is 22.6 Å². The molecule has 2 unspecified atom stereocenters. The van der Waals surface area contributed by atoms with Crippen molar-refractivity contribution in [2.24, 2.45) is 0 Å². The predicted molar refractivity (Wildman–Crippen MR) is 111 cm³/mol. The molecular weight excluding hydrogens is 433 g/mol. The first kappa shape index (κ1) is 20.5. The van der Waals surface area contributed by atoms with E-state index in [0.29, 0.717) is 10.5 Å². The third-order valence-electron chi connectivity index (χ3n) is 4.54. The first-order valence-electron chi connectivity index (χ1n) is 8.72. The number of hydrogen-bond donors (Lipinski definition) is 0. The SMILES string of the molecule is CC1O[C@H]([C@@H](C)N(Cc2ccccc2)[S@+]([O-])C(C)(C)C)CCC1I. The van der Waals surface area contributed by atoms with E-state index in [-0.39, 0.29) is 23.0 Å². The summed E-state index contributed by atoms with van der Waals surface area (Å²) >= 11 is 1.40. The molecule has 2 rings (SSSR count). The Labute approximate surface area is 164 Å². The molecule has 0 radical (unpaired) electrons. The molecule has 1 aromatic rings. The number of rotatable bonds is 5. The number of alkyl halides is 1. The average Bonchev–Trinajstić information content (AvgIpc) is 2.54. The van der Waals surface area contributed by atoms with Gasteiger partial charge in [-0.2, -0.15) is 0 Å². The minimum absolute atomic E-state index is 0.122. The third kappa shape index (κ3) is 5.34. The fourth-order valence-corrected chi connectivity index (χ4v) is 4.93. The van der Waals surface area contributed by atoms with Gasteiger partial charge in [0.2, 0.25) is 0 Å². The molecule has 0 aliphatic carbocycles. The van der Waals surface area contributed by atoms with Crippen molar-refractivity contribution in [1.29, 1.82) is 0 Å². The van der Waals surface area contributed by atoms with Crippen LogP contribution in [0.5, 0.6) is 0 Å². The van der Waals surface area contributed by atoms with Crippen LogP contribution in [0.15, 0.2) is 30.3 Å². The summed E-state index contributed by atoms with van der Waals surface area (Å²) in [6.45, 7) is 11.1. The Balaban J connectivity index is 2.18. The van der Waals surface area contributed by atoms with Crippen molar-refractivity contribution in [3.8, 4) is 0 Å². The monoisotopic (exact) mass is 463 g/mol. The Hall–Kier alpha value is 0.180. The molecule has 24 heavy (non-hydrogen) atoms. The lowest BCUT2D eigenvalue weighted by Crippen LogP contribution is -2.53. The number of ether oxygens (including phenoxy) is 1. The Kier molecular flexibility index (Phi) is 7.44. The van der Waals surface area contributed by atoms with Crippen LogP contribution in [-0.4, -0.2) is 35.8 Å². The van der Waals surface area contributed by atoms with Gasteiger partial charge in [-0.3, -0.25) is 0 Å². The van der Waals surface area contributed by atoms with Gasteiger partial charge in [0.1, 0.15) is 4.75 Å². The van der Waals surface area contributed by atoms with Crippen LogP contribution in [0.4, 0.5) is 0 Å². The summed E-state index contributed by atoms with van der Waals surface area (Å²) in [5.41, 5.74) is 1.19. The third-order valence-corrected chi connectivity index (χ3v) is 8.11. The highest BCUT2D eigenvalue weighted by molar-refractivity contribution is 14.1. The lowest BCUT2D eigenvalue weighted by atomic mass is 10.00. The van der Waals surface area contributed by atoms with E-state index in [1.807, 2.05) is 39.0 Å². The van der Waals surface area contributed by atoms with E-state index < -0.39 is 11.4 Å². The summed E-state index contributed by atoms with van der Waals surface area (Å²) in [7, 11) is 0. The van der Waals surface area contributed by atoms with Gasteiger partial charge in [-0.05, 0) is 53.0 Å². The molecule has 0 amide bonds. The largest absolute Gasteiger partial charge is 0.597 e. The number of hydrogen-bond acceptors (Lipinski definition) is 3. The van der Waals surface area contributed by atoms with Gasteiger partial charge in [-0.15, -0.1) is 4.31 Å². The van der Waals surface area contributed by atoms with Crippen LogP contribution in [-0.2, 0) is 22.6 Å². The van der Waals surface area contributed by atoms with E-state index in [2.05, 4.69) is 52.9 Å². The Morgan fingerprint density at radius 3 is 2.46 bits per heavy atom. The van der Waals surface area contributed by atoms with Crippen LogP contribution in [0.25, 0.3) is 0 Å². The molecule has 0 bridgehead atoms. The maximum absolute atomic E-state index is 13.2. The Bertz CT molecular complexity index is 508. The van der Waals surface area contributed by atoms with Gasteiger partial charge in [0.25, 0.3) is 0 Å². The standard InChI is InChI=1S/C19H30INO2S/c1-14(18-12-11-17(20)15(2)23-18)21(24(22)19(3,4)5)13-16-9-7-6-8-10-16/h6-10,14-15,17-18H,11-13H2,1-5H3/t14-,15?,17?,18+,24-/m1/s1. The number of benzene rings is 1. The van der Waals surface area contributed by atoms with Gasteiger partial charge >= 0.3 is 0 Å². The Morgan fingerprint density at radius 2 is 1.92 bits per heavy atom. The van der Waals surface area contributed by atoms with E-state index >= 15 is 0 Å². The van der Waals surface area contributed by atoms with Crippen LogP contribution in [0, 0.1) is 0 Å². The van der Waals surface area contributed by atoms with Crippen LogP contribution in [0.2, 0.25) is 0 Å². The maximum Gasteiger partial charge on any atom is 0.137 e. The molecule has 1 saturated heterocycles. The highest BCUT2D eigenvalue weighted by atomic mass is 127. The van der Waals surface area contributed by atoms with Gasteiger partial charge < -0.3 is 9.29 Å². The molecule has 1 heterocycles. The number of nitrogens with zero attached hydrogens (tertiary/aromatic N) is 1. The second-order valence-corrected chi connectivity index (χ2v) is 11.4. The average molecular weight is 463 g/mol. The molecule has 0 saturated carbocycles. The van der Waals surface area contributed by atoms with Crippen molar-refractivity contribution in [2.75, 3.05) is 0 Å². The van der Waals surface area contributed by atoms with E-state index in [1.54, 1.807) is 0 Å². The second kappa shape index (κ2) is 8.71. The van der Waals surface area contributed by atoms with Gasteiger partial charge in [-0.1, -0.05) is 52.9 Å². The topological polar surface area (TPSA) is 35.5 Å². The predicted octanol–water partition coefficient (Wildman–Crippen LogP) is 4.71. The fourth-order valence-electron chi connectivity index (χ4n) is 3.00. The molecule has 1 aromatic carbocycles. The molecule has 0 N–H and O–H groups in total. The summed E-state index contributed by atoms with van der Waals surface area (Å²) in [6, 6.07) is 10.4. The minimum atomic E-state index is -1.08. The Morgan fingerprint density at radius 1 is 1.29 bits per heavy atom. The fraction of sp³-hybridized carbons (Fsp3) is 0.684. The van der Waals surface area contributed by atoms with Crippen molar-refractivity contribution in [3.63, 3.8) is 0 Å². The zero-order valence-electron chi connectivity index (χ0n) is 15.4. The van der Waals surface area contributed by atoms with Crippen LogP contribution in [0.1, 0.15) is 53.0 Å². The summed E-state index contributed by atoms with van der Waals surface area (Å²) < 4.78 is 21.9. The van der Waals surface area contributed by atoms with E-state index in [0.717, 1.165) is 12.8 Å². The number of halogens is 1. The first-order valence-corrected chi connectivity index (χ1v) is 11.1. The lowest BCUT2D eigenvalue weighted by Gasteiger charge is -2.42. The van der Waals surface area contributed by atoms with Crippen LogP contribution in [0.3, 0.4) is 0 Å². The maximum atomic E-state index is 13.2. The molecule has 1 aliphatic rings. The highest BCUT2D eigenvalue weighted by Gasteiger charge is 2.41. The molecule has 1 aliphatic heterocycles. The quantitative estimate of drug-likeness (QED) is 0.361.